The Morgan fingerprint density at radius 1 is 1.29 bits per heavy atom. The summed E-state index contributed by atoms with van der Waals surface area (Å²) < 4.78 is 40.3. The van der Waals surface area contributed by atoms with Crippen molar-refractivity contribution < 1.29 is 18.0 Å². The summed E-state index contributed by atoms with van der Waals surface area (Å²) in [5, 5.41) is 5.99. The standard InChI is InChI=1S/C23H26F3N7O/c1-4-14-9-19-18(10-17(14)30-20(34)5-2)31-22(32(19)3)33-8-6-7-16(13-33)29-21-27-11-15(12-28-21)23(24,25)26/h5,9-12,16H,2,4,6-8,13H2,1,3H3,(H,30,34)(H,27,28,29). The molecule has 0 bridgehead atoms. The topological polar surface area (TPSA) is 88.0 Å². The molecule has 0 radical (unpaired) electrons. The van der Waals surface area contributed by atoms with Gasteiger partial charge in [-0.3, -0.25) is 4.79 Å². The van der Waals surface area contributed by atoms with E-state index in [9.17, 15) is 18.0 Å². The molecule has 1 atom stereocenters. The van der Waals surface area contributed by atoms with Gasteiger partial charge >= 0.3 is 6.18 Å². The molecule has 1 saturated heterocycles. The normalized spacial score (nSPS) is 16.5. The molecule has 1 unspecified atom stereocenters. The largest absolute Gasteiger partial charge is 0.419 e. The van der Waals surface area contributed by atoms with Gasteiger partial charge in [0.2, 0.25) is 17.8 Å². The first kappa shape index (κ1) is 23.5. The van der Waals surface area contributed by atoms with Crippen molar-refractivity contribution in [3.8, 4) is 0 Å². The lowest BCUT2D eigenvalue weighted by molar-refractivity contribution is -0.138. The van der Waals surface area contributed by atoms with Crippen LogP contribution in [-0.2, 0) is 24.4 Å². The van der Waals surface area contributed by atoms with E-state index in [0.29, 0.717) is 12.2 Å². The maximum absolute atomic E-state index is 12.8. The van der Waals surface area contributed by atoms with Gasteiger partial charge in [0.15, 0.2) is 0 Å². The van der Waals surface area contributed by atoms with Crippen LogP contribution in [-0.4, -0.2) is 44.6 Å². The number of nitrogens with zero attached hydrogens (tertiary/aromatic N) is 5. The maximum atomic E-state index is 12.8. The Balaban J connectivity index is 1.54. The molecule has 1 amide bonds. The van der Waals surface area contributed by atoms with Gasteiger partial charge in [0, 0.05) is 44.3 Å². The van der Waals surface area contributed by atoms with Gasteiger partial charge in [0.05, 0.1) is 16.6 Å². The number of halogens is 3. The SMILES string of the molecule is C=CC(=O)Nc1cc2nc(N3CCCC(Nc4ncc(C(F)(F)F)cn4)C3)n(C)c2cc1CC. The number of hydrogen-bond acceptors (Lipinski definition) is 6. The average molecular weight is 474 g/mol. The monoisotopic (exact) mass is 473 g/mol. The van der Waals surface area contributed by atoms with Crippen LogP contribution in [0.5, 0.6) is 0 Å². The highest BCUT2D eigenvalue weighted by atomic mass is 19.4. The number of anilines is 3. The van der Waals surface area contributed by atoms with Gasteiger partial charge in [-0.15, -0.1) is 0 Å². The van der Waals surface area contributed by atoms with Crippen molar-refractivity contribution >= 4 is 34.5 Å². The van der Waals surface area contributed by atoms with Crippen LogP contribution in [0.25, 0.3) is 11.0 Å². The van der Waals surface area contributed by atoms with Gasteiger partial charge < -0.3 is 20.1 Å². The fourth-order valence-electron chi connectivity index (χ4n) is 4.15. The molecule has 3 heterocycles. The number of alkyl halides is 3. The van der Waals surface area contributed by atoms with E-state index < -0.39 is 11.7 Å². The minimum Gasteiger partial charge on any atom is -0.350 e. The van der Waals surface area contributed by atoms with Crippen molar-refractivity contribution in [2.45, 2.75) is 38.4 Å². The van der Waals surface area contributed by atoms with Gasteiger partial charge in [0.25, 0.3) is 0 Å². The van der Waals surface area contributed by atoms with E-state index in [1.54, 1.807) is 0 Å². The summed E-state index contributed by atoms with van der Waals surface area (Å²) in [7, 11) is 1.95. The van der Waals surface area contributed by atoms with Crippen LogP contribution in [0.1, 0.15) is 30.9 Å². The summed E-state index contributed by atoms with van der Waals surface area (Å²) in [5.74, 6) is 0.671. The Kier molecular flexibility index (Phi) is 6.45. The average Bonchev–Trinajstić information content (AvgIpc) is 3.13. The first-order chi connectivity index (χ1) is 16.2. The molecule has 8 nitrogen and oxygen atoms in total. The maximum Gasteiger partial charge on any atom is 0.419 e. The summed E-state index contributed by atoms with van der Waals surface area (Å²) in [4.78, 5) is 26.4. The van der Waals surface area contributed by atoms with Crippen molar-refractivity contribution in [3.05, 3.63) is 48.3 Å². The predicted molar refractivity (Wildman–Crippen MR) is 125 cm³/mol. The highest BCUT2D eigenvalue weighted by molar-refractivity contribution is 6.01. The van der Waals surface area contributed by atoms with Crippen LogP contribution in [0, 0.1) is 0 Å². The van der Waals surface area contributed by atoms with Crippen LogP contribution >= 0.6 is 0 Å². The second-order valence-corrected chi connectivity index (χ2v) is 8.24. The summed E-state index contributed by atoms with van der Waals surface area (Å²) in [6, 6.07) is 3.86. The number of rotatable bonds is 6. The van der Waals surface area contributed by atoms with Crippen molar-refractivity contribution in [2.24, 2.45) is 7.05 Å². The lowest BCUT2D eigenvalue weighted by Crippen LogP contribution is -2.43. The molecule has 4 rings (SSSR count). The highest BCUT2D eigenvalue weighted by Crippen LogP contribution is 2.30. The molecule has 34 heavy (non-hydrogen) atoms. The van der Waals surface area contributed by atoms with Crippen LogP contribution < -0.4 is 15.5 Å². The zero-order chi connectivity index (χ0) is 24.5. The highest BCUT2D eigenvalue weighted by Gasteiger charge is 2.31. The Morgan fingerprint density at radius 2 is 2.03 bits per heavy atom. The fourth-order valence-corrected chi connectivity index (χ4v) is 4.15. The summed E-state index contributed by atoms with van der Waals surface area (Å²) >= 11 is 0. The molecular weight excluding hydrogens is 447 g/mol. The summed E-state index contributed by atoms with van der Waals surface area (Å²) in [6.45, 7) is 6.92. The number of nitrogens with one attached hydrogen (secondary N) is 2. The number of aryl methyl sites for hydroxylation is 2. The number of fused-ring (bicyclic) bond motifs is 1. The minimum atomic E-state index is -4.47. The van der Waals surface area contributed by atoms with Gasteiger partial charge in [-0.25, -0.2) is 15.0 Å². The lowest BCUT2D eigenvalue weighted by Gasteiger charge is -2.33. The Morgan fingerprint density at radius 3 is 2.68 bits per heavy atom. The van der Waals surface area contributed by atoms with E-state index in [-0.39, 0.29) is 17.9 Å². The van der Waals surface area contributed by atoms with E-state index in [0.717, 1.165) is 60.7 Å². The Hall–Kier alpha value is -3.63. The third kappa shape index (κ3) is 4.82. The molecule has 11 heteroatoms. The fraction of sp³-hybridized carbons (Fsp3) is 0.391. The number of carbonyl (C=O) groups is 1. The molecular formula is C23H26F3N7O. The number of hydrogen-bond donors (Lipinski definition) is 2. The zero-order valence-corrected chi connectivity index (χ0v) is 19.0. The Bertz CT molecular complexity index is 1200. The second kappa shape index (κ2) is 9.32. The van der Waals surface area contributed by atoms with E-state index in [1.807, 2.05) is 30.7 Å². The molecule has 180 valence electrons. The number of benzene rings is 1. The summed E-state index contributed by atoms with van der Waals surface area (Å²) in [5.41, 5.74) is 2.54. The molecule has 1 aliphatic heterocycles. The number of imidazole rings is 1. The quantitative estimate of drug-likeness (QED) is 0.523. The molecule has 1 aliphatic rings. The molecule has 0 saturated carbocycles. The third-order valence-corrected chi connectivity index (χ3v) is 5.92. The van der Waals surface area contributed by atoms with Crippen LogP contribution in [0.15, 0.2) is 37.2 Å². The number of aromatic nitrogens is 4. The zero-order valence-electron chi connectivity index (χ0n) is 19.0. The Labute approximate surface area is 194 Å². The smallest absolute Gasteiger partial charge is 0.350 e. The van der Waals surface area contributed by atoms with Crippen molar-refractivity contribution in [2.75, 3.05) is 28.6 Å². The van der Waals surface area contributed by atoms with Gasteiger partial charge in [-0.2, -0.15) is 13.2 Å². The van der Waals surface area contributed by atoms with Crippen molar-refractivity contribution in [1.82, 2.24) is 19.5 Å². The first-order valence-corrected chi connectivity index (χ1v) is 11.0. The number of piperidine rings is 1. The molecule has 0 aliphatic carbocycles. The van der Waals surface area contributed by atoms with Crippen molar-refractivity contribution in [3.63, 3.8) is 0 Å². The van der Waals surface area contributed by atoms with Crippen LogP contribution in [0.4, 0.5) is 30.8 Å². The minimum absolute atomic E-state index is 0.0426. The molecule has 1 fully saturated rings. The second-order valence-electron chi connectivity index (χ2n) is 8.24. The van der Waals surface area contributed by atoms with E-state index in [1.165, 1.54) is 6.08 Å². The van der Waals surface area contributed by atoms with Crippen LogP contribution in [0.2, 0.25) is 0 Å². The summed E-state index contributed by atoms with van der Waals surface area (Å²) in [6.07, 6.45) is 0.795. The molecule has 2 aromatic heterocycles. The molecule has 0 spiro atoms. The van der Waals surface area contributed by atoms with E-state index >= 15 is 0 Å². The number of amides is 1. The molecule has 3 aromatic rings. The van der Waals surface area contributed by atoms with E-state index in [4.69, 9.17) is 4.98 Å². The molecule has 1 aromatic carbocycles. The van der Waals surface area contributed by atoms with Crippen molar-refractivity contribution in [1.29, 1.82) is 0 Å². The lowest BCUT2D eigenvalue weighted by atomic mass is 10.1. The predicted octanol–water partition coefficient (Wildman–Crippen LogP) is 4.15. The van der Waals surface area contributed by atoms with Crippen LogP contribution in [0.3, 0.4) is 0 Å². The number of carbonyl (C=O) groups excluding carboxylic acids is 1. The molecule has 2 N–H and O–H groups in total. The van der Waals surface area contributed by atoms with Gasteiger partial charge in [0.1, 0.15) is 0 Å². The van der Waals surface area contributed by atoms with E-state index in [2.05, 4.69) is 32.1 Å². The van der Waals surface area contributed by atoms with Gasteiger partial charge in [-0.05, 0) is 43.0 Å². The third-order valence-electron chi connectivity index (χ3n) is 5.92. The van der Waals surface area contributed by atoms with Gasteiger partial charge in [-0.1, -0.05) is 13.5 Å². The first-order valence-electron chi connectivity index (χ1n) is 11.0.